The van der Waals surface area contributed by atoms with Crippen LogP contribution in [0.4, 0.5) is 0 Å². The van der Waals surface area contributed by atoms with E-state index in [9.17, 15) is 0 Å². The number of allylic oxidation sites excluding steroid dienone is 1. The summed E-state index contributed by atoms with van der Waals surface area (Å²) < 4.78 is 0.959. The standard InChI is InChI=1S/C7H4N2S/c1-2-6-3-5-10-7(6)9-8-4-1/h1-3,5H. The van der Waals surface area contributed by atoms with E-state index in [-0.39, 0.29) is 0 Å². The highest BCUT2D eigenvalue weighted by Gasteiger charge is 1.86. The Morgan fingerprint density at radius 2 is 2.50 bits per heavy atom. The van der Waals surface area contributed by atoms with Crippen LogP contribution >= 0.6 is 11.3 Å². The maximum atomic E-state index is 3.92. The van der Waals surface area contributed by atoms with Crippen molar-refractivity contribution >= 4 is 23.3 Å². The van der Waals surface area contributed by atoms with Gasteiger partial charge in [0.1, 0.15) is 4.67 Å². The SMILES string of the molecule is C1=CC=c2ccsc2=NN=1. The molecule has 0 aromatic carbocycles. The molecule has 0 fully saturated rings. The minimum absolute atomic E-state index is 0.959. The molecule has 1 aliphatic heterocycles. The molecule has 0 amide bonds. The summed E-state index contributed by atoms with van der Waals surface area (Å²) in [7, 11) is 0. The first-order valence-electron chi connectivity index (χ1n) is 2.87. The van der Waals surface area contributed by atoms with Gasteiger partial charge >= 0.3 is 0 Å². The molecule has 1 aliphatic rings. The van der Waals surface area contributed by atoms with E-state index in [1.54, 1.807) is 17.4 Å². The third-order valence-corrected chi connectivity index (χ3v) is 2.02. The lowest BCUT2D eigenvalue weighted by atomic mass is 10.4. The van der Waals surface area contributed by atoms with Crippen LogP contribution in [0.2, 0.25) is 0 Å². The molecule has 48 valence electrons. The van der Waals surface area contributed by atoms with E-state index >= 15 is 0 Å². The topological polar surface area (TPSA) is 24.7 Å². The molecule has 2 rings (SSSR count). The predicted octanol–water partition coefficient (Wildman–Crippen LogP) is 0.303. The van der Waals surface area contributed by atoms with Crippen LogP contribution in [-0.2, 0) is 0 Å². The molecular formula is C7H4N2S. The number of hydrogen-bond acceptors (Lipinski definition) is 3. The van der Waals surface area contributed by atoms with Gasteiger partial charge < -0.3 is 0 Å². The Hall–Kier alpha value is -1.18. The van der Waals surface area contributed by atoms with Crippen LogP contribution in [0.1, 0.15) is 0 Å². The molecule has 0 aliphatic carbocycles. The predicted molar refractivity (Wildman–Crippen MR) is 41.6 cm³/mol. The molecule has 0 N–H and O–H groups in total. The minimum Gasteiger partial charge on any atom is -0.131 e. The number of fused-ring (bicyclic) bond motifs is 1. The minimum atomic E-state index is 0.959. The summed E-state index contributed by atoms with van der Waals surface area (Å²) in [6, 6.07) is 2.02. The summed E-state index contributed by atoms with van der Waals surface area (Å²) in [4.78, 5) is 0. The van der Waals surface area contributed by atoms with Crippen molar-refractivity contribution in [2.24, 2.45) is 10.2 Å². The Bertz CT molecular complexity index is 373. The number of thiophene rings is 1. The first-order valence-corrected chi connectivity index (χ1v) is 3.75. The molecule has 0 bridgehead atoms. The molecule has 1 aromatic rings. The fourth-order valence-electron chi connectivity index (χ4n) is 0.754. The van der Waals surface area contributed by atoms with E-state index in [0.29, 0.717) is 0 Å². The zero-order valence-electron chi connectivity index (χ0n) is 5.11. The van der Waals surface area contributed by atoms with E-state index < -0.39 is 0 Å². The molecule has 0 atom stereocenters. The molecule has 10 heavy (non-hydrogen) atoms. The Balaban J connectivity index is 2.94. The molecular weight excluding hydrogens is 144 g/mol. The fourth-order valence-corrected chi connectivity index (χ4v) is 1.46. The van der Waals surface area contributed by atoms with Crippen molar-refractivity contribution in [1.29, 1.82) is 0 Å². The zero-order valence-corrected chi connectivity index (χ0v) is 5.93. The summed E-state index contributed by atoms with van der Waals surface area (Å²) in [6.45, 7) is 0. The van der Waals surface area contributed by atoms with Gasteiger partial charge in [0.15, 0.2) is 0 Å². The van der Waals surface area contributed by atoms with Crippen molar-refractivity contribution in [1.82, 2.24) is 0 Å². The highest BCUT2D eigenvalue weighted by Crippen LogP contribution is 1.82. The van der Waals surface area contributed by atoms with Gasteiger partial charge in [-0.05, 0) is 17.5 Å². The van der Waals surface area contributed by atoms with Crippen molar-refractivity contribution in [3.63, 3.8) is 0 Å². The highest BCUT2D eigenvalue weighted by atomic mass is 32.1. The van der Waals surface area contributed by atoms with Crippen molar-refractivity contribution in [3.05, 3.63) is 27.4 Å². The first kappa shape index (κ1) is 5.59. The zero-order chi connectivity index (χ0) is 6.81. The smallest absolute Gasteiger partial charge is 0.131 e. The van der Waals surface area contributed by atoms with E-state index in [1.165, 1.54) is 0 Å². The molecule has 2 heterocycles. The van der Waals surface area contributed by atoms with Crippen LogP contribution in [0.5, 0.6) is 0 Å². The molecule has 0 spiro atoms. The number of hydrogen-bond donors (Lipinski definition) is 0. The molecule has 0 unspecified atom stereocenters. The largest absolute Gasteiger partial charge is 0.146 e. The van der Waals surface area contributed by atoms with Gasteiger partial charge in [-0.2, -0.15) is 0 Å². The van der Waals surface area contributed by atoms with Crippen LogP contribution in [0.15, 0.2) is 27.7 Å². The lowest BCUT2D eigenvalue weighted by Crippen LogP contribution is -2.16. The van der Waals surface area contributed by atoms with Crippen LogP contribution in [0.25, 0.3) is 6.08 Å². The lowest BCUT2D eigenvalue weighted by Gasteiger charge is -1.67. The molecule has 2 nitrogen and oxygen atoms in total. The Kier molecular flexibility index (Phi) is 1.24. The van der Waals surface area contributed by atoms with Crippen molar-refractivity contribution in [2.45, 2.75) is 0 Å². The van der Waals surface area contributed by atoms with Crippen molar-refractivity contribution in [2.75, 3.05) is 0 Å². The van der Waals surface area contributed by atoms with Gasteiger partial charge in [-0.3, -0.25) is 0 Å². The maximum absolute atomic E-state index is 3.92. The third-order valence-electron chi connectivity index (χ3n) is 1.21. The van der Waals surface area contributed by atoms with Gasteiger partial charge in [0.05, 0.1) is 0 Å². The third kappa shape index (κ3) is 0.817. The first-order chi connectivity index (χ1) is 4.97. The van der Waals surface area contributed by atoms with Crippen LogP contribution in [0, 0.1) is 0 Å². The number of nitrogens with zero attached hydrogens (tertiary/aromatic N) is 2. The maximum Gasteiger partial charge on any atom is 0.146 e. The van der Waals surface area contributed by atoms with Crippen molar-refractivity contribution < 1.29 is 0 Å². The van der Waals surface area contributed by atoms with Gasteiger partial charge in [-0.1, -0.05) is 0 Å². The highest BCUT2D eigenvalue weighted by molar-refractivity contribution is 7.07. The van der Waals surface area contributed by atoms with Gasteiger partial charge in [0.2, 0.25) is 0 Å². The Morgan fingerprint density at radius 3 is 3.50 bits per heavy atom. The normalized spacial score (nSPS) is 13.2. The monoisotopic (exact) mass is 148 g/mol. The molecule has 3 heteroatoms. The second-order valence-electron chi connectivity index (χ2n) is 1.84. The summed E-state index contributed by atoms with van der Waals surface area (Å²) in [5.41, 5.74) is 0. The quantitative estimate of drug-likeness (QED) is 0.505. The van der Waals surface area contributed by atoms with Crippen LogP contribution in [-0.4, -0.2) is 5.87 Å². The summed E-state index contributed by atoms with van der Waals surface area (Å²) in [6.07, 6.45) is 3.72. The molecule has 0 radical (unpaired) electrons. The van der Waals surface area contributed by atoms with Crippen molar-refractivity contribution in [3.8, 4) is 0 Å². The van der Waals surface area contributed by atoms with E-state index in [4.69, 9.17) is 0 Å². The van der Waals surface area contributed by atoms with E-state index in [2.05, 4.69) is 16.1 Å². The van der Waals surface area contributed by atoms with Gasteiger partial charge in [0.25, 0.3) is 0 Å². The Labute approximate surface area is 61.5 Å². The van der Waals surface area contributed by atoms with E-state index in [1.807, 2.05) is 17.5 Å². The Morgan fingerprint density at radius 1 is 1.50 bits per heavy atom. The van der Waals surface area contributed by atoms with Crippen LogP contribution < -0.4 is 9.89 Å². The van der Waals surface area contributed by atoms with Gasteiger partial charge in [-0.25, -0.2) is 0 Å². The fraction of sp³-hybridized carbons (Fsp3) is 0. The van der Waals surface area contributed by atoms with Gasteiger partial charge in [0, 0.05) is 17.2 Å². The second-order valence-corrected chi connectivity index (χ2v) is 2.74. The average Bonchev–Trinajstić information content (AvgIpc) is 2.28. The summed E-state index contributed by atoms with van der Waals surface area (Å²) in [5, 5.41) is 10.7. The lowest BCUT2D eigenvalue weighted by molar-refractivity contribution is 1.18. The molecule has 1 aromatic heterocycles. The van der Waals surface area contributed by atoms with Gasteiger partial charge in [-0.15, -0.1) is 21.5 Å². The van der Waals surface area contributed by atoms with Crippen LogP contribution in [0.3, 0.4) is 0 Å². The summed E-state index contributed by atoms with van der Waals surface area (Å²) >= 11 is 1.59. The second kappa shape index (κ2) is 2.21. The average molecular weight is 148 g/mol. The van der Waals surface area contributed by atoms with E-state index in [0.717, 1.165) is 9.89 Å². The molecule has 0 saturated heterocycles. The number of rotatable bonds is 0. The molecule has 0 saturated carbocycles. The summed E-state index contributed by atoms with van der Waals surface area (Å²) in [5.74, 6) is 2.66.